The number of nitrogens with one attached hydrogen (secondary N) is 1. The van der Waals surface area contributed by atoms with E-state index in [1.165, 1.54) is 24.7 Å². The van der Waals surface area contributed by atoms with E-state index in [1.807, 2.05) is 0 Å². The van der Waals surface area contributed by atoms with E-state index in [-0.39, 0.29) is 13.0 Å². The zero-order chi connectivity index (χ0) is 16.2. The van der Waals surface area contributed by atoms with Gasteiger partial charge in [0.1, 0.15) is 0 Å². The molecule has 1 heterocycles. The summed E-state index contributed by atoms with van der Waals surface area (Å²) in [5, 5.41) is 12.2. The maximum Gasteiger partial charge on any atom is 0.417 e. The number of rotatable bonds is 5. The highest BCUT2D eigenvalue weighted by molar-refractivity contribution is 5.95. The van der Waals surface area contributed by atoms with E-state index in [9.17, 15) is 23.1 Å². The molecule has 0 bridgehead atoms. The van der Waals surface area contributed by atoms with Crippen LogP contribution in [0.4, 0.5) is 13.2 Å². The van der Waals surface area contributed by atoms with Gasteiger partial charge in [-0.2, -0.15) is 13.2 Å². The molecule has 4 nitrogen and oxygen atoms in total. The minimum Gasteiger partial charge on any atom is -0.472 e. The van der Waals surface area contributed by atoms with Gasteiger partial charge in [0, 0.05) is 12.1 Å². The van der Waals surface area contributed by atoms with Gasteiger partial charge >= 0.3 is 6.18 Å². The number of hydrogen-bond acceptors (Lipinski definition) is 3. The number of aliphatic hydroxyl groups is 1. The molecule has 1 amide bonds. The lowest BCUT2D eigenvalue weighted by atomic mass is 10.1. The average molecular weight is 313 g/mol. The smallest absolute Gasteiger partial charge is 0.417 e. The minimum atomic E-state index is -4.59. The monoisotopic (exact) mass is 313 g/mol. The fourth-order valence-corrected chi connectivity index (χ4v) is 1.98. The third-order valence-electron chi connectivity index (χ3n) is 3.11. The van der Waals surface area contributed by atoms with Gasteiger partial charge in [0.05, 0.1) is 29.8 Å². The highest BCUT2D eigenvalue weighted by Crippen LogP contribution is 2.31. The molecule has 118 valence electrons. The largest absolute Gasteiger partial charge is 0.472 e. The van der Waals surface area contributed by atoms with Gasteiger partial charge in [0.25, 0.3) is 5.91 Å². The predicted octanol–water partition coefficient (Wildman–Crippen LogP) is 3.15. The molecular weight excluding hydrogens is 299 g/mol. The molecule has 2 aromatic rings. The molecule has 0 fully saturated rings. The Morgan fingerprint density at radius 2 is 2.00 bits per heavy atom. The second-order valence-electron chi connectivity index (χ2n) is 4.66. The van der Waals surface area contributed by atoms with E-state index in [0.717, 1.165) is 12.1 Å². The number of furan rings is 1. The van der Waals surface area contributed by atoms with Crippen LogP contribution >= 0.6 is 0 Å². The number of carbonyl (C=O) groups excluding carboxylic acids is 1. The summed E-state index contributed by atoms with van der Waals surface area (Å²) in [7, 11) is 0. The summed E-state index contributed by atoms with van der Waals surface area (Å²) in [6.45, 7) is 0.0391. The maximum absolute atomic E-state index is 12.8. The van der Waals surface area contributed by atoms with Crippen LogP contribution in [0.2, 0.25) is 0 Å². The van der Waals surface area contributed by atoms with E-state index in [2.05, 4.69) is 5.32 Å². The van der Waals surface area contributed by atoms with Crippen LogP contribution in [0, 0.1) is 0 Å². The minimum absolute atomic E-state index is 0.0391. The third kappa shape index (κ3) is 3.88. The first-order valence-electron chi connectivity index (χ1n) is 6.54. The first kappa shape index (κ1) is 16.1. The van der Waals surface area contributed by atoms with Crippen LogP contribution in [0.1, 0.15) is 34.0 Å². The standard InChI is InChI=1S/C15H14F3NO3/c16-15(17,18)12-4-2-1-3-11(12)14(21)19-7-5-13(20)10-6-8-22-9-10/h1-4,6,8-9,13,20H,5,7H2,(H,19,21)/t13-/m1/s1. The summed E-state index contributed by atoms with van der Waals surface area (Å²) >= 11 is 0. The first-order valence-corrected chi connectivity index (χ1v) is 6.54. The zero-order valence-electron chi connectivity index (χ0n) is 11.4. The van der Waals surface area contributed by atoms with Crippen LogP contribution in [-0.2, 0) is 6.18 Å². The lowest BCUT2D eigenvalue weighted by Crippen LogP contribution is -2.28. The van der Waals surface area contributed by atoms with Crippen LogP contribution < -0.4 is 5.32 Å². The van der Waals surface area contributed by atoms with Crippen LogP contribution in [0.3, 0.4) is 0 Å². The Morgan fingerprint density at radius 1 is 1.27 bits per heavy atom. The summed E-state index contributed by atoms with van der Waals surface area (Å²) in [6, 6.07) is 6.14. The van der Waals surface area contributed by atoms with Gasteiger partial charge in [-0.05, 0) is 24.6 Å². The highest BCUT2D eigenvalue weighted by Gasteiger charge is 2.34. The molecule has 22 heavy (non-hydrogen) atoms. The molecule has 0 radical (unpaired) electrons. The Balaban J connectivity index is 1.96. The summed E-state index contributed by atoms with van der Waals surface area (Å²) in [4.78, 5) is 11.9. The molecule has 1 aromatic carbocycles. The van der Waals surface area contributed by atoms with E-state index in [4.69, 9.17) is 4.42 Å². The molecule has 0 spiro atoms. The Bertz CT molecular complexity index is 623. The third-order valence-corrected chi connectivity index (χ3v) is 3.11. The van der Waals surface area contributed by atoms with E-state index in [1.54, 1.807) is 6.07 Å². The van der Waals surface area contributed by atoms with Crippen molar-refractivity contribution in [2.24, 2.45) is 0 Å². The quantitative estimate of drug-likeness (QED) is 0.891. The fraction of sp³-hybridized carbons (Fsp3) is 0.267. The van der Waals surface area contributed by atoms with Gasteiger partial charge in [-0.25, -0.2) is 0 Å². The van der Waals surface area contributed by atoms with Crippen LogP contribution in [-0.4, -0.2) is 17.6 Å². The van der Waals surface area contributed by atoms with Gasteiger partial charge in [0.15, 0.2) is 0 Å². The fourth-order valence-electron chi connectivity index (χ4n) is 1.98. The van der Waals surface area contributed by atoms with Gasteiger partial charge in [-0.15, -0.1) is 0 Å². The molecule has 1 aromatic heterocycles. The summed E-state index contributed by atoms with van der Waals surface area (Å²) in [6.07, 6.45) is -2.51. The second kappa shape index (κ2) is 6.65. The average Bonchev–Trinajstić information content (AvgIpc) is 3.00. The SMILES string of the molecule is O=C(NCC[C@@H](O)c1ccoc1)c1ccccc1C(F)(F)F. The number of carbonyl (C=O) groups is 1. The molecule has 0 aliphatic rings. The Labute approximate surface area is 124 Å². The maximum atomic E-state index is 12.8. The molecule has 0 aliphatic heterocycles. The number of amides is 1. The topological polar surface area (TPSA) is 62.5 Å². The molecule has 0 saturated heterocycles. The number of benzene rings is 1. The Hall–Kier alpha value is -2.28. The van der Waals surface area contributed by atoms with E-state index < -0.39 is 29.3 Å². The molecule has 2 rings (SSSR count). The van der Waals surface area contributed by atoms with Crippen molar-refractivity contribution in [1.82, 2.24) is 5.32 Å². The highest BCUT2D eigenvalue weighted by atomic mass is 19.4. The number of halogens is 3. The molecule has 7 heteroatoms. The molecule has 0 saturated carbocycles. The van der Waals surface area contributed by atoms with Gasteiger partial charge in [0.2, 0.25) is 0 Å². The molecular formula is C15H14F3NO3. The zero-order valence-corrected chi connectivity index (χ0v) is 11.4. The van der Waals surface area contributed by atoms with Crippen molar-refractivity contribution >= 4 is 5.91 Å². The van der Waals surface area contributed by atoms with Crippen molar-refractivity contribution in [2.45, 2.75) is 18.7 Å². The normalized spacial score (nSPS) is 12.9. The van der Waals surface area contributed by atoms with Crippen LogP contribution in [0.5, 0.6) is 0 Å². The van der Waals surface area contributed by atoms with Gasteiger partial charge in [-0.3, -0.25) is 4.79 Å². The van der Waals surface area contributed by atoms with Crippen molar-refractivity contribution in [3.63, 3.8) is 0 Å². The van der Waals surface area contributed by atoms with Crippen molar-refractivity contribution in [2.75, 3.05) is 6.54 Å². The van der Waals surface area contributed by atoms with Crippen molar-refractivity contribution in [1.29, 1.82) is 0 Å². The van der Waals surface area contributed by atoms with E-state index in [0.29, 0.717) is 5.56 Å². The van der Waals surface area contributed by atoms with Crippen molar-refractivity contribution in [3.05, 3.63) is 59.5 Å². The lowest BCUT2D eigenvalue weighted by molar-refractivity contribution is -0.137. The second-order valence-corrected chi connectivity index (χ2v) is 4.66. The van der Waals surface area contributed by atoms with Crippen molar-refractivity contribution < 1.29 is 27.5 Å². The first-order chi connectivity index (χ1) is 10.4. The number of hydrogen-bond donors (Lipinski definition) is 2. The Kier molecular flexibility index (Phi) is 4.87. The summed E-state index contributed by atoms with van der Waals surface area (Å²) in [5.41, 5.74) is -0.874. The summed E-state index contributed by atoms with van der Waals surface area (Å²) < 4.78 is 43.3. The van der Waals surface area contributed by atoms with E-state index >= 15 is 0 Å². The number of alkyl halides is 3. The van der Waals surface area contributed by atoms with Crippen LogP contribution in [0.25, 0.3) is 0 Å². The van der Waals surface area contributed by atoms with Gasteiger partial charge in [-0.1, -0.05) is 12.1 Å². The Morgan fingerprint density at radius 3 is 2.64 bits per heavy atom. The molecule has 1 atom stereocenters. The molecule has 0 unspecified atom stereocenters. The van der Waals surface area contributed by atoms with Gasteiger partial charge < -0.3 is 14.8 Å². The van der Waals surface area contributed by atoms with Crippen LogP contribution in [0.15, 0.2) is 47.3 Å². The lowest BCUT2D eigenvalue weighted by Gasteiger charge is -2.13. The number of aliphatic hydroxyl groups excluding tert-OH is 1. The van der Waals surface area contributed by atoms with Crippen molar-refractivity contribution in [3.8, 4) is 0 Å². The summed E-state index contributed by atoms with van der Waals surface area (Å²) in [5.74, 6) is -0.827. The molecule has 0 aliphatic carbocycles. The predicted molar refractivity (Wildman–Crippen MR) is 72.1 cm³/mol. The molecule has 2 N–H and O–H groups in total.